The van der Waals surface area contributed by atoms with Crippen LogP contribution in [0.3, 0.4) is 0 Å². The van der Waals surface area contributed by atoms with Crippen LogP contribution >= 0.6 is 11.6 Å². The van der Waals surface area contributed by atoms with Crippen molar-refractivity contribution in [2.24, 2.45) is 17.8 Å². The van der Waals surface area contributed by atoms with Crippen molar-refractivity contribution >= 4 is 29.1 Å². The molecule has 216 valence electrons. The first kappa shape index (κ1) is 30.4. The smallest absolute Gasteiger partial charge is 0.414 e. The van der Waals surface area contributed by atoms with Crippen molar-refractivity contribution in [2.75, 3.05) is 6.54 Å². The number of allylic oxidation sites excluding steroid dienone is 1. The van der Waals surface area contributed by atoms with E-state index in [9.17, 15) is 27.9 Å². The lowest BCUT2D eigenvalue weighted by Gasteiger charge is -2.35. The molecule has 0 spiro atoms. The molecule has 1 saturated carbocycles. The lowest BCUT2D eigenvalue weighted by Crippen LogP contribution is -2.37. The second-order valence-electron chi connectivity index (χ2n) is 10.8. The Hall–Kier alpha value is -3.54. The number of rotatable bonds is 9. The maximum atomic E-state index is 14.7. The van der Waals surface area contributed by atoms with Crippen LogP contribution < -0.4 is 0 Å². The maximum Gasteiger partial charge on any atom is 0.414 e. The van der Waals surface area contributed by atoms with Crippen LogP contribution in [0.4, 0.5) is 13.2 Å². The van der Waals surface area contributed by atoms with Gasteiger partial charge in [0.2, 0.25) is 0 Å². The third-order valence-corrected chi connectivity index (χ3v) is 8.33. The van der Waals surface area contributed by atoms with Gasteiger partial charge < -0.3 is 10.0 Å². The number of halogens is 4. The summed E-state index contributed by atoms with van der Waals surface area (Å²) in [7, 11) is 0. The van der Waals surface area contributed by atoms with Crippen molar-refractivity contribution in [3.05, 3.63) is 106 Å². The third kappa shape index (κ3) is 7.41. The van der Waals surface area contributed by atoms with Gasteiger partial charge in [0.05, 0.1) is 17.1 Å². The van der Waals surface area contributed by atoms with Crippen molar-refractivity contribution in [1.29, 1.82) is 0 Å². The van der Waals surface area contributed by atoms with Crippen LogP contribution in [-0.2, 0) is 16.1 Å². The van der Waals surface area contributed by atoms with E-state index in [1.807, 2.05) is 31.2 Å². The maximum absolute atomic E-state index is 14.7. The van der Waals surface area contributed by atoms with E-state index in [0.717, 1.165) is 28.3 Å². The Balaban J connectivity index is 1.65. The molecule has 0 radical (unpaired) electrons. The number of carbonyl (C=O) groups is 2. The van der Waals surface area contributed by atoms with Crippen LogP contribution in [0, 0.1) is 24.7 Å². The summed E-state index contributed by atoms with van der Waals surface area (Å²) in [5.41, 5.74) is 5.01. The van der Waals surface area contributed by atoms with Gasteiger partial charge in [-0.3, -0.25) is 9.59 Å². The lowest BCUT2D eigenvalue weighted by atomic mass is 9.71. The highest BCUT2D eigenvalue weighted by Crippen LogP contribution is 2.45. The molecule has 0 aromatic heterocycles. The topological polar surface area (TPSA) is 57.6 Å². The van der Waals surface area contributed by atoms with Crippen molar-refractivity contribution < 1.29 is 27.9 Å². The summed E-state index contributed by atoms with van der Waals surface area (Å²) < 4.78 is 44.0. The summed E-state index contributed by atoms with van der Waals surface area (Å²) in [5.74, 6) is -3.68. The predicted octanol–water partition coefficient (Wildman–Crippen LogP) is 8.17. The molecule has 8 heteroatoms. The second kappa shape index (κ2) is 13.0. The molecule has 1 N–H and O–H groups in total. The van der Waals surface area contributed by atoms with E-state index in [4.69, 9.17) is 11.6 Å². The molecule has 4 rings (SSSR count). The predicted molar refractivity (Wildman–Crippen MR) is 154 cm³/mol. The quantitative estimate of drug-likeness (QED) is 0.303. The molecular weight excluding hydrogens is 551 g/mol. The van der Waals surface area contributed by atoms with E-state index >= 15 is 0 Å². The molecule has 0 aliphatic heterocycles. The standard InChI is InChI=1S/C33H33ClF3NO3/c1-21-6-3-4-7-27(21)22(2)18-19-38(20-23-10-16-26(34)17-11-23)31(39)29-9-5-8-28(30(29)33(35,36)37)24-12-14-25(15-13-24)32(40)41/h3-4,6-11,16-17,24-25,28H,2,12-15,18-20H2,1H3,(H,40,41). The number of nitrogens with zero attached hydrogens (tertiary/aromatic N) is 1. The normalized spacial score (nSPS) is 20.7. The lowest BCUT2D eigenvalue weighted by molar-refractivity contribution is -0.143. The summed E-state index contributed by atoms with van der Waals surface area (Å²) in [6, 6.07) is 14.6. The Labute approximate surface area is 243 Å². The van der Waals surface area contributed by atoms with Crippen LogP contribution in [0.25, 0.3) is 5.57 Å². The van der Waals surface area contributed by atoms with Gasteiger partial charge in [-0.1, -0.05) is 54.6 Å². The Morgan fingerprint density at radius 1 is 1.07 bits per heavy atom. The molecule has 4 nitrogen and oxygen atoms in total. The first-order chi connectivity index (χ1) is 19.5. The number of hydrogen-bond acceptors (Lipinski definition) is 2. The van der Waals surface area contributed by atoms with E-state index in [-0.39, 0.29) is 13.1 Å². The van der Waals surface area contributed by atoms with E-state index < -0.39 is 47.0 Å². The Kier molecular flexibility index (Phi) is 9.62. The van der Waals surface area contributed by atoms with Crippen molar-refractivity contribution in [3.8, 4) is 0 Å². The minimum Gasteiger partial charge on any atom is -0.481 e. The van der Waals surface area contributed by atoms with Gasteiger partial charge in [-0.2, -0.15) is 13.2 Å². The van der Waals surface area contributed by atoms with Crippen molar-refractivity contribution in [2.45, 2.75) is 51.7 Å². The fraction of sp³-hybridized carbons (Fsp3) is 0.364. The summed E-state index contributed by atoms with van der Waals surface area (Å²) in [5, 5.41) is 9.84. The van der Waals surface area contributed by atoms with E-state index in [1.165, 1.54) is 11.0 Å². The van der Waals surface area contributed by atoms with Gasteiger partial charge in [0.15, 0.2) is 0 Å². The number of amides is 1. The van der Waals surface area contributed by atoms with Crippen LogP contribution in [0.15, 0.2) is 84.1 Å². The minimum absolute atomic E-state index is 0.0949. The van der Waals surface area contributed by atoms with Crippen LogP contribution in [-0.4, -0.2) is 34.6 Å². The monoisotopic (exact) mass is 583 g/mol. The number of carboxylic acid groups (broad SMARTS) is 1. The third-order valence-electron chi connectivity index (χ3n) is 8.08. The summed E-state index contributed by atoms with van der Waals surface area (Å²) in [6.07, 6.45) is -0.549. The molecule has 41 heavy (non-hydrogen) atoms. The molecule has 1 fully saturated rings. The Bertz CT molecular complexity index is 1400. The molecule has 0 bridgehead atoms. The van der Waals surface area contributed by atoms with Crippen LogP contribution in [0.5, 0.6) is 0 Å². The number of carbonyl (C=O) groups excluding carboxylic acids is 1. The van der Waals surface area contributed by atoms with Gasteiger partial charge in [0.1, 0.15) is 0 Å². The van der Waals surface area contributed by atoms with Gasteiger partial charge in [-0.15, -0.1) is 5.73 Å². The average molecular weight is 584 g/mol. The van der Waals surface area contributed by atoms with E-state index in [2.05, 4.69) is 12.3 Å². The summed E-state index contributed by atoms with van der Waals surface area (Å²) >= 11 is 6.03. The Morgan fingerprint density at radius 3 is 2.34 bits per heavy atom. The number of aliphatic carboxylic acids is 1. The molecule has 2 aromatic rings. The second-order valence-corrected chi connectivity index (χ2v) is 11.2. The molecule has 0 heterocycles. The van der Waals surface area contributed by atoms with Crippen LogP contribution in [0.1, 0.15) is 48.8 Å². The Morgan fingerprint density at radius 2 is 1.73 bits per heavy atom. The molecule has 2 aromatic carbocycles. The zero-order valence-electron chi connectivity index (χ0n) is 22.9. The highest BCUT2D eigenvalue weighted by molar-refractivity contribution is 6.30. The van der Waals surface area contributed by atoms with E-state index in [1.54, 1.807) is 24.3 Å². The number of benzene rings is 2. The number of aryl methyl sites for hydroxylation is 1. The fourth-order valence-electron chi connectivity index (χ4n) is 5.80. The van der Waals surface area contributed by atoms with Crippen molar-refractivity contribution in [1.82, 2.24) is 4.90 Å². The van der Waals surface area contributed by atoms with Gasteiger partial charge in [0, 0.05) is 24.0 Å². The first-order valence-electron chi connectivity index (χ1n) is 13.7. The average Bonchev–Trinajstić information content (AvgIpc) is 2.95. The minimum atomic E-state index is -4.74. The van der Waals surface area contributed by atoms with Gasteiger partial charge >= 0.3 is 12.1 Å². The highest BCUT2D eigenvalue weighted by atomic mass is 35.5. The van der Waals surface area contributed by atoms with Gasteiger partial charge in [-0.25, -0.2) is 0 Å². The van der Waals surface area contributed by atoms with E-state index in [0.29, 0.717) is 37.1 Å². The molecular formula is C33H33ClF3NO3. The molecule has 2 aliphatic carbocycles. The zero-order chi connectivity index (χ0) is 29.7. The molecule has 1 unspecified atom stereocenters. The molecule has 1 amide bonds. The van der Waals surface area contributed by atoms with Crippen LogP contribution in [0.2, 0.25) is 5.02 Å². The largest absolute Gasteiger partial charge is 0.481 e. The number of carboxylic acids is 1. The molecule has 2 aliphatic rings. The first-order valence-corrected chi connectivity index (χ1v) is 14.1. The van der Waals surface area contributed by atoms with Gasteiger partial charge in [0.25, 0.3) is 5.91 Å². The number of alkyl halides is 3. The van der Waals surface area contributed by atoms with Gasteiger partial charge in [-0.05, 0) is 91.5 Å². The molecule has 1 atom stereocenters. The zero-order valence-corrected chi connectivity index (χ0v) is 23.6. The summed E-state index contributed by atoms with van der Waals surface area (Å²) in [6.45, 7) is 6.40. The SMILES string of the molecule is C=C(CCN(Cc1ccc(Cl)cc1)C(=O)C1=C(C(F)(F)F)C(C2CCC(C(=O)O)CC2)C=C=C1)c1ccccc1C. The fourth-order valence-corrected chi connectivity index (χ4v) is 5.92. The highest BCUT2D eigenvalue weighted by Gasteiger charge is 2.46. The molecule has 0 saturated heterocycles. The summed E-state index contributed by atoms with van der Waals surface area (Å²) in [4.78, 5) is 26.8. The van der Waals surface area contributed by atoms with Crippen molar-refractivity contribution in [3.63, 3.8) is 0 Å². The number of hydrogen-bond donors (Lipinski definition) is 1.